The van der Waals surface area contributed by atoms with Crippen LogP contribution in [0.3, 0.4) is 0 Å². The van der Waals surface area contributed by atoms with Crippen molar-refractivity contribution in [2.24, 2.45) is 5.92 Å². The van der Waals surface area contributed by atoms with Crippen LogP contribution >= 0.6 is 22.9 Å². The van der Waals surface area contributed by atoms with E-state index in [1.54, 1.807) is 18.2 Å². The summed E-state index contributed by atoms with van der Waals surface area (Å²) < 4.78 is 25.9. The molecule has 2 aliphatic rings. The SMILES string of the molecule is CN1CCc2nc(C(=O)N[C@@H]3C[C@@H](CNS(C)(=O)=O)CC[C@H]3NC(=O)c3cc4cc(Cl)ccc4[nH]3)sc2C1. The number of amides is 2. The minimum atomic E-state index is -3.33. The second kappa shape index (κ2) is 10.9. The lowest BCUT2D eigenvalue weighted by molar-refractivity contribution is 0.0843. The molecule has 13 heteroatoms. The number of fused-ring (bicyclic) bond motifs is 2. The lowest BCUT2D eigenvalue weighted by atomic mass is 9.82. The molecule has 38 heavy (non-hydrogen) atoms. The second-order valence-electron chi connectivity index (χ2n) is 10.3. The summed E-state index contributed by atoms with van der Waals surface area (Å²) in [5.74, 6) is -0.521. The van der Waals surface area contributed by atoms with E-state index in [0.29, 0.717) is 35.0 Å². The number of benzene rings is 1. The van der Waals surface area contributed by atoms with Gasteiger partial charge in [0.1, 0.15) is 5.69 Å². The van der Waals surface area contributed by atoms with Gasteiger partial charge in [-0.2, -0.15) is 0 Å². The van der Waals surface area contributed by atoms with Crippen LogP contribution in [0.25, 0.3) is 10.9 Å². The Bertz CT molecular complexity index is 1470. The van der Waals surface area contributed by atoms with Crippen molar-refractivity contribution >= 4 is 55.7 Å². The van der Waals surface area contributed by atoms with Gasteiger partial charge in [0.2, 0.25) is 10.0 Å². The maximum absolute atomic E-state index is 13.3. The topological polar surface area (TPSA) is 136 Å². The first kappa shape index (κ1) is 27.1. The number of thiazole rings is 1. The number of hydrogen-bond acceptors (Lipinski definition) is 7. The smallest absolute Gasteiger partial charge is 0.280 e. The highest BCUT2D eigenvalue weighted by Gasteiger charge is 2.34. The molecule has 0 unspecified atom stereocenters. The third-order valence-corrected chi connectivity index (χ3v) is 9.18. The highest BCUT2D eigenvalue weighted by molar-refractivity contribution is 7.88. The van der Waals surface area contributed by atoms with Gasteiger partial charge in [-0.15, -0.1) is 11.3 Å². The molecule has 0 bridgehead atoms. The highest BCUT2D eigenvalue weighted by Crippen LogP contribution is 2.28. The van der Waals surface area contributed by atoms with Crippen molar-refractivity contribution in [2.45, 2.75) is 44.3 Å². The predicted molar refractivity (Wildman–Crippen MR) is 148 cm³/mol. The zero-order valence-corrected chi connectivity index (χ0v) is 23.6. The molecule has 5 rings (SSSR count). The fraction of sp³-hybridized carbons (Fsp3) is 0.480. The molecule has 0 saturated heterocycles. The van der Waals surface area contributed by atoms with E-state index in [-0.39, 0.29) is 36.4 Å². The van der Waals surface area contributed by atoms with Crippen LogP contribution in [0.4, 0.5) is 0 Å². The lowest BCUT2D eigenvalue weighted by Crippen LogP contribution is -2.55. The predicted octanol–water partition coefficient (Wildman–Crippen LogP) is 2.51. The molecule has 3 heterocycles. The van der Waals surface area contributed by atoms with Crippen LogP contribution in [0, 0.1) is 5.92 Å². The minimum absolute atomic E-state index is 0.0246. The zero-order valence-electron chi connectivity index (χ0n) is 21.2. The van der Waals surface area contributed by atoms with E-state index in [0.717, 1.165) is 47.2 Å². The van der Waals surface area contributed by atoms with Crippen LogP contribution in [0.15, 0.2) is 24.3 Å². The van der Waals surface area contributed by atoms with Gasteiger partial charge in [0.05, 0.1) is 11.9 Å². The fourth-order valence-electron chi connectivity index (χ4n) is 5.17. The van der Waals surface area contributed by atoms with Crippen LogP contribution in [0.1, 0.15) is 50.1 Å². The quantitative estimate of drug-likeness (QED) is 0.340. The Morgan fingerprint density at radius 1 is 1.18 bits per heavy atom. The first-order valence-electron chi connectivity index (χ1n) is 12.6. The molecule has 3 aromatic rings. The standard InChI is InChI=1S/C25H31ClN6O4S2/c1-32-8-7-19-22(13-32)37-25(31-19)24(34)30-20-9-14(12-27-38(2,35)36)3-5-18(20)29-23(33)21-11-15-10-16(26)4-6-17(15)28-21/h4,6,10-11,14,18,20,27-28H,3,5,7-9,12-13H2,1-2H3,(H,29,33)(H,30,34)/t14-,18+,20+/m0/s1. The number of sulfonamides is 1. The van der Waals surface area contributed by atoms with Crippen LogP contribution in [0.5, 0.6) is 0 Å². The summed E-state index contributed by atoms with van der Waals surface area (Å²) in [6.45, 7) is 1.97. The Kier molecular flexibility index (Phi) is 7.79. The summed E-state index contributed by atoms with van der Waals surface area (Å²) in [6.07, 6.45) is 3.77. The zero-order chi connectivity index (χ0) is 27.0. The van der Waals surface area contributed by atoms with Crippen LogP contribution < -0.4 is 15.4 Å². The summed E-state index contributed by atoms with van der Waals surface area (Å²) in [5.41, 5.74) is 2.18. The number of carbonyl (C=O) groups excluding carboxylic acids is 2. The van der Waals surface area contributed by atoms with Crippen LogP contribution in [0.2, 0.25) is 5.02 Å². The van der Waals surface area contributed by atoms with Crippen molar-refractivity contribution < 1.29 is 18.0 Å². The molecule has 0 spiro atoms. The molecule has 1 saturated carbocycles. The molecule has 10 nitrogen and oxygen atoms in total. The average molecular weight is 579 g/mol. The summed E-state index contributed by atoms with van der Waals surface area (Å²) in [7, 11) is -1.29. The monoisotopic (exact) mass is 578 g/mol. The van der Waals surface area contributed by atoms with Gasteiger partial charge >= 0.3 is 0 Å². The van der Waals surface area contributed by atoms with Gasteiger partial charge in [0.15, 0.2) is 5.01 Å². The van der Waals surface area contributed by atoms with Crippen molar-refractivity contribution in [3.8, 4) is 0 Å². The number of halogens is 1. The van der Waals surface area contributed by atoms with Gasteiger partial charge in [-0.05, 0) is 56.5 Å². The molecule has 1 aliphatic carbocycles. The number of nitrogens with one attached hydrogen (secondary N) is 4. The summed E-state index contributed by atoms with van der Waals surface area (Å²) in [6, 6.07) is 6.42. The molecule has 3 atom stereocenters. The summed E-state index contributed by atoms with van der Waals surface area (Å²) in [4.78, 5) is 37.5. The third kappa shape index (κ3) is 6.37. The Morgan fingerprint density at radius 3 is 2.76 bits per heavy atom. The number of rotatable bonds is 7. The molecule has 0 radical (unpaired) electrons. The van der Waals surface area contributed by atoms with Crippen molar-refractivity contribution in [1.29, 1.82) is 0 Å². The van der Waals surface area contributed by atoms with Gasteiger partial charge in [0.25, 0.3) is 11.8 Å². The van der Waals surface area contributed by atoms with Gasteiger partial charge in [0, 0.05) is 58.9 Å². The summed E-state index contributed by atoms with van der Waals surface area (Å²) >= 11 is 7.49. The van der Waals surface area contributed by atoms with E-state index >= 15 is 0 Å². The first-order valence-corrected chi connectivity index (χ1v) is 15.6. The van der Waals surface area contributed by atoms with E-state index in [2.05, 4.69) is 30.2 Å². The number of aromatic nitrogens is 2. The Hall–Kier alpha value is -2.51. The Balaban J connectivity index is 1.32. The largest absolute Gasteiger partial charge is 0.351 e. The fourth-order valence-corrected chi connectivity index (χ4v) is 6.98. The number of carbonyl (C=O) groups is 2. The van der Waals surface area contributed by atoms with Gasteiger partial charge in [-0.1, -0.05) is 11.6 Å². The molecular formula is C25H31ClN6O4S2. The molecule has 2 amide bonds. The van der Waals surface area contributed by atoms with Crippen molar-refractivity contribution in [3.63, 3.8) is 0 Å². The molecule has 204 valence electrons. The lowest BCUT2D eigenvalue weighted by Gasteiger charge is -2.36. The Morgan fingerprint density at radius 2 is 1.97 bits per heavy atom. The van der Waals surface area contributed by atoms with Crippen LogP contribution in [-0.2, 0) is 23.0 Å². The number of H-pyrrole nitrogens is 1. The van der Waals surface area contributed by atoms with Crippen molar-refractivity contribution in [2.75, 3.05) is 26.4 Å². The van der Waals surface area contributed by atoms with E-state index in [4.69, 9.17) is 11.6 Å². The molecule has 1 aromatic carbocycles. The molecule has 4 N–H and O–H groups in total. The van der Waals surface area contributed by atoms with E-state index in [9.17, 15) is 18.0 Å². The van der Waals surface area contributed by atoms with E-state index < -0.39 is 10.0 Å². The van der Waals surface area contributed by atoms with E-state index in [1.807, 2.05) is 13.1 Å². The minimum Gasteiger partial charge on any atom is -0.351 e. The van der Waals surface area contributed by atoms with Gasteiger partial charge < -0.3 is 20.5 Å². The Labute approximate surface area is 230 Å². The average Bonchev–Trinajstić information content (AvgIpc) is 3.47. The van der Waals surface area contributed by atoms with Crippen molar-refractivity contribution in [1.82, 2.24) is 30.2 Å². The molecule has 1 fully saturated rings. The molecule has 1 aliphatic heterocycles. The number of hydrogen-bond donors (Lipinski definition) is 4. The molecule has 2 aromatic heterocycles. The number of aromatic amines is 1. The summed E-state index contributed by atoms with van der Waals surface area (Å²) in [5, 5.41) is 8.02. The highest BCUT2D eigenvalue weighted by atomic mass is 35.5. The number of nitrogens with zero attached hydrogens (tertiary/aromatic N) is 2. The second-order valence-corrected chi connectivity index (χ2v) is 13.6. The van der Waals surface area contributed by atoms with Crippen LogP contribution in [-0.4, -0.2) is 73.6 Å². The first-order chi connectivity index (χ1) is 18.0. The van der Waals surface area contributed by atoms with E-state index in [1.165, 1.54) is 11.3 Å². The van der Waals surface area contributed by atoms with Crippen molar-refractivity contribution in [3.05, 3.63) is 50.6 Å². The number of likely N-dealkylation sites (N-methyl/N-ethyl adjacent to an activating group) is 1. The maximum atomic E-state index is 13.3. The maximum Gasteiger partial charge on any atom is 0.280 e. The third-order valence-electron chi connectivity index (χ3n) is 7.17. The molecular weight excluding hydrogens is 548 g/mol. The van der Waals surface area contributed by atoms with Gasteiger partial charge in [-0.25, -0.2) is 18.1 Å². The normalized spacial score (nSPS) is 22.2. The van der Waals surface area contributed by atoms with Gasteiger partial charge in [-0.3, -0.25) is 9.59 Å².